The average Bonchev–Trinajstić information content (AvgIpc) is 2.05. The molecule has 0 aliphatic heterocycles. The van der Waals surface area contributed by atoms with Gasteiger partial charge in [-0.1, -0.05) is 0 Å². The fraction of sp³-hybridized carbons (Fsp3) is 0. The Hall–Kier alpha value is -1.91. The first-order valence-electron chi connectivity index (χ1n) is 3.00. The van der Waals surface area contributed by atoms with Crippen LogP contribution in [0.1, 0.15) is 10.4 Å². The van der Waals surface area contributed by atoms with Crippen molar-refractivity contribution < 1.29 is 14.7 Å². The fourth-order valence-electron chi connectivity index (χ4n) is 0.446. The van der Waals surface area contributed by atoms with Gasteiger partial charge >= 0.3 is 6.09 Å². The molecule has 12 heavy (non-hydrogen) atoms. The van der Waals surface area contributed by atoms with E-state index in [1.165, 1.54) is 6.20 Å². The number of aldehydes is 1. The Labute approximate surface area is 68.8 Å². The summed E-state index contributed by atoms with van der Waals surface area (Å²) in [4.78, 5) is 22.5. The maximum absolute atomic E-state index is 9.97. The Morgan fingerprint density at radius 2 is 2.25 bits per heavy atom. The summed E-state index contributed by atoms with van der Waals surface area (Å²) in [6.45, 7) is 0. The van der Waals surface area contributed by atoms with Gasteiger partial charge < -0.3 is 10.8 Å². The molecular weight excluding hydrogens is 160 g/mol. The average molecular weight is 168 g/mol. The zero-order chi connectivity index (χ0) is 9.40. The number of carbonyl (C=O) groups excluding carboxylic acids is 1. The van der Waals surface area contributed by atoms with Gasteiger partial charge in [-0.2, -0.15) is 0 Å². The first kappa shape index (κ1) is 10.1. The molecule has 5 nitrogen and oxygen atoms in total. The van der Waals surface area contributed by atoms with E-state index in [4.69, 9.17) is 9.90 Å². The van der Waals surface area contributed by atoms with Crippen LogP contribution in [0.3, 0.4) is 0 Å². The van der Waals surface area contributed by atoms with Gasteiger partial charge in [0.1, 0.15) is 0 Å². The molecule has 1 rings (SSSR count). The van der Waals surface area contributed by atoms with Crippen LogP contribution in [-0.2, 0) is 0 Å². The molecule has 0 atom stereocenters. The largest absolute Gasteiger partial charge is 0.465 e. The number of carboxylic acid groups (broad SMARTS) is 1. The lowest BCUT2D eigenvalue weighted by atomic mass is 10.3. The van der Waals surface area contributed by atoms with E-state index >= 15 is 0 Å². The normalized spacial score (nSPS) is 7.67. The highest BCUT2D eigenvalue weighted by Crippen LogP contribution is 1.87. The van der Waals surface area contributed by atoms with Crippen molar-refractivity contribution >= 4 is 12.4 Å². The van der Waals surface area contributed by atoms with Gasteiger partial charge in [0.2, 0.25) is 0 Å². The maximum Gasteiger partial charge on any atom is 0.402 e. The molecule has 1 aromatic rings. The third kappa shape index (κ3) is 6.21. The lowest BCUT2D eigenvalue weighted by Gasteiger charge is -1.81. The van der Waals surface area contributed by atoms with Crippen LogP contribution in [0.25, 0.3) is 0 Å². The predicted molar refractivity (Wildman–Crippen MR) is 41.8 cm³/mol. The molecule has 0 saturated carbocycles. The summed E-state index contributed by atoms with van der Waals surface area (Å²) in [5.74, 6) is 0. The third-order valence-corrected chi connectivity index (χ3v) is 0.820. The quantitative estimate of drug-likeness (QED) is 0.597. The van der Waals surface area contributed by atoms with E-state index in [1.807, 2.05) is 0 Å². The molecule has 0 aromatic carbocycles. The zero-order valence-electron chi connectivity index (χ0n) is 6.18. The van der Waals surface area contributed by atoms with E-state index in [9.17, 15) is 4.79 Å². The highest BCUT2D eigenvalue weighted by molar-refractivity contribution is 5.73. The molecule has 0 saturated heterocycles. The van der Waals surface area contributed by atoms with E-state index in [0.717, 1.165) is 6.29 Å². The monoisotopic (exact) mass is 168 g/mol. The number of hydrogen-bond donors (Lipinski definition) is 2. The molecule has 64 valence electrons. The molecule has 0 bridgehead atoms. The minimum atomic E-state index is -1.33. The van der Waals surface area contributed by atoms with Crippen molar-refractivity contribution in [1.82, 2.24) is 4.98 Å². The van der Waals surface area contributed by atoms with Crippen LogP contribution in [0, 0.1) is 0 Å². The lowest BCUT2D eigenvalue weighted by molar-refractivity contribution is 0.112. The minimum absolute atomic E-state index is 0.618. The second-order valence-electron chi connectivity index (χ2n) is 1.74. The summed E-state index contributed by atoms with van der Waals surface area (Å²) in [6, 6.07) is 3.43. The molecule has 0 unspecified atom stereocenters. The molecule has 0 fully saturated rings. The van der Waals surface area contributed by atoms with Crippen LogP contribution in [0.5, 0.6) is 0 Å². The molecular formula is C7H8N2O3. The van der Waals surface area contributed by atoms with Crippen molar-refractivity contribution in [2.24, 2.45) is 5.73 Å². The van der Waals surface area contributed by atoms with Gasteiger partial charge in [0.25, 0.3) is 0 Å². The molecule has 5 heteroatoms. The molecule has 0 aliphatic rings. The number of amides is 1. The van der Waals surface area contributed by atoms with Crippen molar-refractivity contribution in [3.05, 3.63) is 30.1 Å². The van der Waals surface area contributed by atoms with Crippen molar-refractivity contribution in [3.63, 3.8) is 0 Å². The summed E-state index contributed by atoms with van der Waals surface area (Å²) < 4.78 is 0. The molecule has 1 heterocycles. The van der Waals surface area contributed by atoms with Gasteiger partial charge in [-0.25, -0.2) is 4.79 Å². The first-order chi connectivity index (χ1) is 5.66. The summed E-state index contributed by atoms with van der Waals surface area (Å²) >= 11 is 0. The molecule has 3 N–H and O–H groups in total. The summed E-state index contributed by atoms with van der Waals surface area (Å²) in [7, 11) is 0. The van der Waals surface area contributed by atoms with Crippen LogP contribution < -0.4 is 5.73 Å². The maximum atomic E-state index is 9.97. The number of carbonyl (C=O) groups is 2. The minimum Gasteiger partial charge on any atom is -0.465 e. The van der Waals surface area contributed by atoms with Gasteiger partial charge in [-0.15, -0.1) is 0 Å². The predicted octanol–water partition coefficient (Wildman–Crippen LogP) is 0.517. The van der Waals surface area contributed by atoms with E-state index in [1.54, 1.807) is 18.3 Å². The molecule has 0 aliphatic carbocycles. The Bertz CT molecular complexity index is 244. The van der Waals surface area contributed by atoms with Crippen molar-refractivity contribution in [1.29, 1.82) is 0 Å². The molecule has 0 radical (unpaired) electrons. The molecule has 0 spiro atoms. The standard InChI is InChI=1S/C6H5NO.CH3NO2/c8-5-6-2-1-3-7-4-6;2-1(3)4/h1-5H;2H2,(H,3,4). The van der Waals surface area contributed by atoms with Gasteiger partial charge in [-0.05, 0) is 12.1 Å². The van der Waals surface area contributed by atoms with Gasteiger partial charge in [0, 0.05) is 18.0 Å². The van der Waals surface area contributed by atoms with Crippen molar-refractivity contribution in [3.8, 4) is 0 Å². The van der Waals surface area contributed by atoms with Gasteiger partial charge in [0.15, 0.2) is 6.29 Å². The first-order valence-corrected chi connectivity index (χ1v) is 3.00. The van der Waals surface area contributed by atoms with E-state index < -0.39 is 6.09 Å². The van der Waals surface area contributed by atoms with Crippen LogP contribution in [-0.4, -0.2) is 22.5 Å². The number of aromatic nitrogens is 1. The van der Waals surface area contributed by atoms with Gasteiger partial charge in [-0.3, -0.25) is 9.78 Å². The second-order valence-corrected chi connectivity index (χ2v) is 1.74. The van der Waals surface area contributed by atoms with Crippen LogP contribution in [0.2, 0.25) is 0 Å². The highest BCUT2D eigenvalue weighted by Gasteiger charge is 1.81. The number of nitrogens with two attached hydrogens (primary N) is 1. The summed E-state index contributed by atoms with van der Waals surface area (Å²) in [5, 5.41) is 7.19. The fourth-order valence-corrected chi connectivity index (χ4v) is 0.446. The Kier molecular flexibility index (Phi) is 4.91. The number of primary amides is 1. The Balaban J connectivity index is 0.000000261. The van der Waals surface area contributed by atoms with Gasteiger partial charge in [0.05, 0.1) is 0 Å². The van der Waals surface area contributed by atoms with E-state index in [0.29, 0.717) is 5.56 Å². The summed E-state index contributed by atoms with van der Waals surface area (Å²) in [6.07, 6.45) is 2.59. The lowest BCUT2D eigenvalue weighted by Crippen LogP contribution is -2.03. The molecule has 1 amide bonds. The Morgan fingerprint density at radius 3 is 2.50 bits per heavy atom. The number of hydrogen-bond acceptors (Lipinski definition) is 3. The van der Waals surface area contributed by atoms with Crippen molar-refractivity contribution in [2.45, 2.75) is 0 Å². The van der Waals surface area contributed by atoms with Crippen LogP contribution >= 0.6 is 0 Å². The third-order valence-electron chi connectivity index (χ3n) is 0.820. The summed E-state index contributed by atoms with van der Waals surface area (Å²) in [5.41, 5.74) is 4.65. The zero-order valence-corrected chi connectivity index (χ0v) is 6.18. The van der Waals surface area contributed by atoms with Crippen LogP contribution in [0.15, 0.2) is 24.5 Å². The van der Waals surface area contributed by atoms with E-state index in [2.05, 4.69) is 10.7 Å². The Morgan fingerprint density at radius 1 is 1.67 bits per heavy atom. The topological polar surface area (TPSA) is 93.3 Å². The highest BCUT2D eigenvalue weighted by atomic mass is 16.4. The number of rotatable bonds is 1. The SMILES string of the molecule is NC(=O)O.O=Cc1cccnc1. The number of pyridine rings is 1. The van der Waals surface area contributed by atoms with E-state index in [-0.39, 0.29) is 0 Å². The van der Waals surface area contributed by atoms with Crippen LogP contribution in [0.4, 0.5) is 4.79 Å². The van der Waals surface area contributed by atoms with Crippen molar-refractivity contribution in [2.75, 3.05) is 0 Å². The number of nitrogens with zero attached hydrogens (tertiary/aromatic N) is 1. The smallest absolute Gasteiger partial charge is 0.402 e. The molecule has 1 aromatic heterocycles. The second kappa shape index (κ2) is 5.84.